The summed E-state index contributed by atoms with van der Waals surface area (Å²) in [5.41, 5.74) is 2.65. The van der Waals surface area contributed by atoms with Crippen molar-refractivity contribution < 1.29 is 57.0 Å². The maximum atomic E-state index is 6.52. The van der Waals surface area contributed by atoms with Gasteiger partial charge in [0.25, 0.3) is 0 Å². The van der Waals surface area contributed by atoms with E-state index in [0.717, 1.165) is 0 Å². The molecule has 0 aromatic heterocycles. The van der Waals surface area contributed by atoms with Gasteiger partial charge in [0.05, 0.1) is 0 Å². The fourth-order valence-corrected chi connectivity index (χ4v) is 7.18. The number of benzene rings is 1. The summed E-state index contributed by atoms with van der Waals surface area (Å²) in [5, 5.41) is 0. The molecule has 1 fully saturated rings. The van der Waals surface area contributed by atoms with Crippen LogP contribution in [0.3, 0.4) is 0 Å². The average Bonchev–Trinajstić information content (AvgIpc) is 2.47. The molecule has 3 rings (SSSR count). The molecule has 2 aliphatic heterocycles. The Bertz CT molecular complexity index is 590. The van der Waals surface area contributed by atoms with Crippen LogP contribution in [0.25, 0.3) is 0 Å². The van der Waals surface area contributed by atoms with Crippen LogP contribution in [-0.4, -0.2) is 80.5 Å². The molecule has 23 heavy (non-hydrogen) atoms. The molecule has 5 heteroatoms. The van der Waals surface area contributed by atoms with Crippen LogP contribution in [0.2, 0.25) is 0 Å². The molecule has 0 amide bonds. The summed E-state index contributed by atoms with van der Waals surface area (Å²) in [4.78, 5) is 0. The summed E-state index contributed by atoms with van der Waals surface area (Å²) in [7, 11) is 0. The molecule has 0 aliphatic carbocycles. The summed E-state index contributed by atoms with van der Waals surface area (Å²) in [5.74, 6) is 0.395. The van der Waals surface area contributed by atoms with Crippen LogP contribution in [0.15, 0.2) is 12.1 Å². The quantitative estimate of drug-likeness (QED) is 0.449. The molecule has 0 spiro atoms. The van der Waals surface area contributed by atoms with Crippen molar-refractivity contribution in [3.05, 3.63) is 23.3 Å². The molecular formula is C18H25O3RaRb. The molecule has 3 nitrogen and oxygen atoms in total. The van der Waals surface area contributed by atoms with Gasteiger partial charge in [-0.25, -0.2) is 0 Å². The van der Waals surface area contributed by atoms with Gasteiger partial charge >= 0.3 is 212 Å². The Kier molecular flexibility index (Phi) is 7.14. The van der Waals surface area contributed by atoms with Gasteiger partial charge in [0.1, 0.15) is 0 Å². The van der Waals surface area contributed by atoms with Crippen molar-refractivity contribution in [1.82, 2.24) is 0 Å². The van der Waals surface area contributed by atoms with E-state index >= 15 is 0 Å². The summed E-state index contributed by atoms with van der Waals surface area (Å²) < 4.78 is 22.1. The Balaban J connectivity index is 1.95. The van der Waals surface area contributed by atoms with Gasteiger partial charge < -0.3 is 0 Å². The van der Waals surface area contributed by atoms with Crippen LogP contribution in [0.4, 0.5) is 0 Å². The normalized spacial score (nSPS) is 33.8. The first-order valence-corrected chi connectivity index (χ1v) is 15.3. The average molecular weight is 601 g/mol. The molecule has 1 aromatic carbocycles. The van der Waals surface area contributed by atoms with Crippen molar-refractivity contribution in [3.8, 4) is 0 Å². The summed E-state index contributed by atoms with van der Waals surface area (Å²) in [6.45, 7) is 11.0. The molecule has 1 saturated heterocycles. The van der Waals surface area contributed by atoms with Gasteiger partial charge in [0, 0.05) is 0 Å². The second kappa shape index (κ2) is 8.17. The van der Waals surface area contributed by atoms with E-state index in [4.69, 9.17) is 14.2 Å². The molecule has 2 unspecified atom stereocenters. The van der Waals surface area contributed by atoms with Gasteiger partial charge in [-0.3, -0.25) is 0 Å². The van der Waals surface area contributed by atoms with Gasteiger partial charge in [0.2, 0.25) is 0 Å². The fourth-order valence-electron chi connectivity index (χ4n) is 3.95. The fraction of sp³-hybridized carbons (Fsp3) is 0.667. The standard InChI is InChI=1S/C18H24O3.Ra.Rb.H/c1-12-13(2)21-16-11-19-9-14-7-5-6-8-15(14)10-20-17(12)18(16,3)4;;;/h7-8,12-13,16-17H,9-11H2,1-4H3;;;/t12-,13+,16?,17?;;;/m1.../s1. The molecule has 0 saturated carbocycles. The van der Waals surface area contributed by atoms with Crippen LogP contribution in [0.5, 0.6) is 0 Å². The molecule has 2 aliphatic rings. The van der Waals surface area contributed by atoms with E-state index in [1.807, 2.05) is 0 Å². The summed E-state index contributed by atoms with van der Waals surface area (Å²) in [6.07, 6.45) is 0.520. The monoisotopic (exact) mass is 600 g/mol. The van der Waals surface area contributed by atoms with Crippen LogP contribution >= 0.6 is 0 Å². The third kappa shape index (κ3) is 4.28. The van der Waals surface area contributed by atoms with E-state index in [9.17, 15) is 0 Å². The van der Waals surface area contributed by atoms with Crippen LogP contribution in [0, 0.1) is 54.1 Å². The van der Waals surface area contributed by atoms with Crippen molar-refractivity contribution in [1.29, 1.82) is 0 Å². The van der Waals surface area contributed by atoms with Crippen LogP contribution in [-0.2, 0) is 27.4 Å². The summed E-state index contributed by atoms with van der Waals surface area (Å²) >= 11 is 0.980. The van der Waals surface area contributed by atoms with Gasteiger partial charge in [-0.1, -0.05) is 0 Å². The van der Waals surface area contributed by atoms with E-state index in [2.05, 4.69) is 39.8 Å². The van der Waals surface area contributed by atoms with E-state index < -0.39 is 0 Å². The molecular weight excluding hydrogens is 576 g/mol. The number of ether oxygens (including phenoxy) is 3. The molecule has 1 aromatic rings. The third-order valence-corrected chi connectivity index (χ3v) is 23.1. The molecule has 0 radical (unpaired) electrons. The van der Waals surface area contributed by atoms with Crippen molar-refractivity contribution in [2.75, 3.05) is 6.61 Å². The molecule has 2 heterocycles. The SMILES string of the molecule is C[C@@H]1OC2COCc3c[c]([RaH])[c]([Rb])cc3COC([C@@H]1C)C2(C)C. The zero-order chi connectivity index (χ0) is 16.8. The van der Waals surface area contributed by atoms with Gasteiger partial charge in [-0.15, -0.1) is 0 Å². The first-order chi connectivity index (χ1) is 10.8. The van der Waals surface area contributed by atoms with E-state index in [-0.39, 0.29) is 23.7 Å². The van der Waals surface area contributed by atoms with Crippen molar-refractivity contribution in [3.63, 3.8) is 0 Å². The minimum absolute atomic E-state index is 0.0279. The zero-order valence-corrected chi connectivity index (χ0v) is 28.4. The van der Waals surface area contributed by atoms with E-state index in [0.29, 0.717) is 124 Å². The molecule has 2 bridgehead atoms. The number of hydrogen-bond donors (Lipinski definition) is 0. The van der Waals surface area contributed by atoms with Gasteiger partial charge in [0.15, 0.2) is 0 Å². The van der Waals surface area contributed by atoms with Crippen molar-refractivity contribution in [2.45, 2.75) is 59.2 Å². The predicted octanol–water partition coefficient (Wildman–Crippen LogP) is 1.25. The Morgan fingerprint density at radius 2 is 1.87 bits per heavy atom. The maximum absolute atomic E-state index is 6.52. The summed E-state index contributed by atoms with van der Waals surface area (Å²) in [6, 6.07) is 4.80. The Labute approximate surface area is 208 Å². The molecule has 4 atom stereocenters. The first-order valence-electron chi connectivity index (χ1n) is 8.74. The topological polar surface area (TPSA) is 27.7 Å². The van der Waals surface area contributed by atoms with E-state index in [1.54, 1.807) is -0.764 Å². The van der Waals surface area contributed by atoms with E-state index in [1.165, 1.54) is 11.1 Å². The first kappa shape index (κ1) is 20.1. The number of fused-ring (bicyclic) bond motifs is 3. The zero-order valence-electron chi connectivity index (χ0n) is 15.3. The second-order valence-corrected chi connectivity index (χ2v) is 15.0. The molecule has 118 valence electrons. The van der Waals surface area contributed by atoms with Crippen molar-refractivity contribution >= 4 is 54.8 Å². The number of hydrogen-bond acceptors (Lipinski definition) is 3. The second-order valence-electron chi connectivity index (χ2n) is 7.96. The van der Waals surface area contributed by atoms with Gasteiger partial charge in [-0.2, -0.15) is 0 Å². The van der Waals surface area contributed by atoms with Crippen LogP contribution in [0.1, 0.15) is 38.8 Å². The van der Waals surface area contributed by atoms with Crippen LogP contribution < -0.4 is -0.764 Å². The van der Waals surface area contributed by atoms with Crippen molar-refractivity contribution in [2.24, 2.45) is 11.3 Å². The van der Waals surface area contributed by atoms with Gasteiger partial charge in [-0.05, 0) is 0 Å². The Hall–Kier alpha value is 2.37. The Morgan fingerprint density at radius 3 is 2.61 bits per heavy atom. The molecule has 0 N–H and O–H groups in total. The minimum atomic E-state index is -0.0279. The Morgan fingerprint density at radius 1 is 1.17 bits per heavy atom. The third-order valence-electron chi connectivity index (χ3n) is 5.92. The number of rotatable bonds is 0. The predicted molar refractivity (Wildman–Crippen MR) is 88.4 cm³/mol.